The number of rotatable bonds is 7. The molecule has 0 heterocycles. The van der Waals surface area contributed by atoms with Crippen LogP contribution in [0.2, 0.25) is 0 Å². The summed E-state index contributed by atoms with van der Waals surface area (Å²) < 4.78 is 9.83. The maximum absolute atomic E-state index is 11.9. The van der Waals surface area contributed by atoms with Crippen molar-refractivity contribution in [1.82, 2.24) is 0 Å². The predicted octanol–water partition coefficient (Wildman–Crippen LogP) is 1.15. The highest BCUT2D eigenvalue weighted by Gasteiger charge is 2.16. The maximum Gasteiger partial charge on any atom is 0.305 e. The van der Waals surface area contributed by atoms with E-state index in [-0.39, 0.29) is 25.5 Å². The highest BCUT2D eigenvalue weighted by atomic mass is 16.5. The number of methoxy groups -OCH3 is 2. The minimum Gasteiger partial charge on any atom is -0.497 e. The van der Waals surface area contributed by atoms with Crippen molar-refractivity contribution in [3.05, 3.63) is 24.3 Å². The molecule has 6 nitrogen and oxygen atoms in total. The van der Waals surface area contributed by atoms with Gasteiger partial charge >= 0.3 is 5.97 Å². The Bertz CT molecular complexity index is 429. The van der Waals surface area contributed by atoms with Gasteiger partial charge in [0.2, 0.25) is 0 Å². The van der Waals surface area contributed by atoms with E-state index in [1.165, 1.54) is 12.0 Å². The third-order valence-corrected chi connectivity index (χ3v) is 2.50. The molecule has 0 atom stereocenters. The number of carbonyl (C=O) groups is 2. The molecule has 0 unspecified atom stereocenters. The Morgan fingerprint density at radius 1 is 1.21 bits per heavy atom. The number of carboxylic acid groups (broad SMARTS) is 1. The molecule has 0 fully saturated rings. The van der Waals surface area contributed by atoms with Crippen LogP contribution < -0.4 is 9.64 Å². The Morgan fingerprint density at radius 2 is 1.84 bits per heavy atom. The van der Waals surface area contributed by atoms with Crippen LogP contribution in [0.3, 0.4) is 0 Å². The second kappa shape index (κ2) is 7.38. The van der Waals surface area contributed by atoms with E-state index in [1.54, 1.807) is 31.4 Å². The Labute approximate surface area is 111 Å². The Kier molecular flexibility index (Phi) is 5.81. The van der Waals surface area contributed by atoms with E-state index in [0.717, 1.165) is 0 Å². The fraction of sp³-hybridized carbons (Fsp3) is 0.385. The highest BCUT2D eigenvalue weighted by molar-refractivity contribution is 5.94. The highest BCUT2D eigenvalue weighted by Crippen LogP contribution is 2.19. The quantitative estimate of drug-likeness (QED) is 0.802. The number of ether oxygens (including phenoxy) is 2. The monoisotopic (exact) mass is 267 g/mol. The van der Waals surface area contributed by atoms with Gasteiger partial charge in [-0.3, -0.25) is 9.59 Å². The number of amides is 1. The SMILES string of the molecule is COCC(=O)N(CCC(=O)O)c1ccc(OC)cc1. The smallest absolute Gasteiger partial charge is 0.305 e. The van der Waals surface area contributed by atoms with E-state index in [0.29, 0.717) is 11.4 Å². The number of benzene rings is 1. The Morgan fingerprint density at radius 3 is 2.32 bits per heavy atom. The molecule has 19 heavy (non-hydrogen) atoms. The Balaban J connectivity index is 2.86. The minimum atomic E-state index is -0.955. The number of carboxylic acids is 1. The Hall–Kier alpha value is -2.08. The predicted molar refractivity (Wildman–Crippen MR) is 69.5 cm³/mol. The molecule has 0 aromatic heterocycles. The summed E-state index contributed by atoms with van der Waals surface area (Å²) in [7, 11) is 2.97. The first-order valence-electron chi connectivity index (χ1n) is 5.73. The van der Waals surface area contributed by atoms with Crippen molar-refractivity contribution in [1.29, 1.82) is 0 Å². The van der Waals surface area contributed by atoms with Gasteiger partial charge in [0.1, 0.15) is 12.4 Å². The van der Waals surface area contributed by atoms with Gasteiger partial charge in [-0.2, -0.15) is 0 Å². The lowest BCUT2D eigenvalue weighted by Gasteiger charge is -2.22. The molecule has 104 valence electrons. The molecule has 1 N–H and O–H groups in total. The first-order valence-corrected chi connectivity index (χ1v) is 5.73. The molecule has 1 rings (SSSR count). The number of aliphatic carboxylic acids is 1. The van der Waals surface area contributed by atoms with Crippen molar-refractivity contribution in [2.24, 2.45) is 0 Å². The summed E-state index contributed by atoms with van der Waals surface area (Å²) in [6.07, 6.45) is -0.124. The fourth-order valence-electron chi connectivity index (χ4n) is 1.57. The van der Waals surface area contributed by atoms with E-state index in [9.17, 15) is 9.59 Å². The normalized spacial score (nSPS) is 10.0. The zero-order valence-electron chi connectivity index (χ0n) is 11.0. The van der Waals surface area contributed by atoms with Crippen molar-refractivity contribution >= 4 is 17.6 Å². The zero-order valence-corrected chi connectivity index (χ0v) is 11.0. The van der Waals surface area contributed by atoms with Crippen molar-refractivity contribution in [2.45, 2.75) is 6.42 Å². The zero-order chi connectivity index (χ0) is 14.3. The van der Waals surface area contributed by atoms with E-state index in [1.807, 2.05) is 0 Å². The molecular weight excluding hydrogens is 250 g/mol. The number of nitrogens with zero attached hydrogens (tertiary/aromatic N) is 1. The van der Waals surface area contributed by atoms with Crippen molar-refractivity contribution < 1.29 is 24.2 Å². The van der Waals surface area contributed by atoms with Crippen LogP contribution in [-0.2, 0) is 14.3 Å². The van der Waals surface area contributed by atoms with E-state index in [2.05, 4.69) is 0 Å². The molecule has 6 heteroatoms. The van der Waals surface area contributed by atoms with Crippen LogP contribution in [0.15, 0.2) is 24.3 Å². The molecular formula is C13H17NO5. The lowest BCUT2D eigenvalue weighted by atomic mass is 10.2. The molecule has 0 bridgehead atoms. The minimum absolute atomic E-state index is 0.0916. The van der Waals surface area contributed by atoms with Gasteiger partial charge in [-0.05, 0) is 24.3 Å². The largest absolute Gasteiger partial charge is 0.497 e. The van der Waals surface area contributed by atoms with E-state index >= 15 is 0 Å². The van der Waals surface area contributed by atoms with Gasteiger partial charge < -0.3 is 19.5 Å². The summed E-state index contributed by atoms with van der Waals surface area (Å²) >= 11 is 0. The van der Waals surface area contributed by atoms with Gasteiger partial charge in [0.25, 0.3) is 5.91 Å². The number of hydrogen-bond donors (Lipinski definition) is 1. The number of anilines is 1. The molecule has 0 spiro atoms. The average molecular weight is 267 g/mol. The van der Waals surface area contributed by atoms with E-state index in [4.69, 9.17) is 14.6 Å². The lowest BCUT2D eigenvalue weighted by Crippen LogP contribution is -2.35. The molecule has 1 aromatic rings. The molecule has 0 saturated heterocycles. The van der Waals surface area contributed by atoms with Crippen LogP contribution in [0.25, 0.3) is 0 Å². The summed E-state index contributed by atoms with van der Waals surface area (Å²) in [5, 5.41) is 8.71. The summed E-state index contributed by atoms with van der Waals surface area (Å²) in [5.74, 6) is -0.571. The third-order valence-electron chi connectivity index (χ3n) is 2.50. The standard InChI is InChI=1S/C13H17NO5/c1-18-9-12(15)14(8-7-13(16)17)10-3-5-11(19-2)6-4-10/h3-6H,7-9H2,1-2H3,(H,16,17). The van der Waals surface area contributed by atoms with Crippen LogP contribution in [0, 0.1) is 0 Å². The lowest BCUT2D eigenvalue weighted by molar-refractivity contribution is -0.136. The third kappa shape index (κ3) is 4.59. The molecule has 0 aliphatic carbocycles. The average Bonchev–Trinajstić information content (AvgIpc) is 2.39. The number of hydrogen-bond acceptors (Lipinski definition) is 4. The maximum atomic E-state index is 11.9. The van der Waals surface area contributed by atoms with Crippen molar-refractivity contribution in [3.63, 3.8) is 0 Å². The second-order valence-corrected chi connectivity index (χ2v) is 3.82. The molecule has 0 aliphatic rings. The van der Waals surface area contributed by atoms with Gasteiger partial charge in [-0.15, -0.1) is 0 Å². The summed E-state index contributed by atoms with van der Waals surface area (Å²) in [5.41, 5.74) is 0.615. The second-order valence-electron chi connectivity index (χ2n) is 3.82. The van der Waals surface area contributed by atoms with Crippen LogP contribution in [0.4, 0.5) is 5.69 Å². The van der Waals surface area contributed by atoms with Crippen LogP contribution in [-0.4, -0.2) is 44.4 Å². The topological polar surface area (TPSA) is 76.1 Å². The molecule has 0 radical (unpaired) electrons. The fourth-order valence-corrected chi connectivity index (χ4v) is 1.57. The van der Waals surface area contributed by atoms with Gasteiger partial charge in [-0.25, -0.2) is 0 Å². The summed E-state index contributed by atoms with van der Waals surface area (Å²) in [4.78, 5) is 23.9. The van der Waals surface area contributed by atoms with Crippen molar-refractivity contribution in [3.8, 4) is 5.75 Å². The van der Waals surface area contributed by atoms with Crippen LogP contribution in [0.1, 0.15) is 6.42 Å². The van der Waals surface area contributed by atoms with Crippen molar-refractivity contribution in [2.75, 3.05) is 32.3 Å². The van der Waals surface area contributed by atoms with E-state index < -0.39 is 5.97 Å². The first kappa shape index (κ1) is 15.0. The molecule has 0 aliphatic heterocycles. The van der Waals surface area contributed by atoms with Gasteiger partial charge in [0.05, 0.1) is 13.5 Å². The molecule has 1 aromatic carbocycles. The van der Waals surface area contributed by atoms with Gasteiger partial charge in [-0.1, -0.05) is 0 Å². The number of carbonyl (C=O) groups excluding carboxylic acids is 1. The summed E-state index contributed by atoms with van der Waals surface area (Å²) in [6.45, 7) is 0.00943. The first-order chi connectivity index (χ1) is 9.08. The summed E-state index contributed by atoms with van der Waals surface area (Å²) in [6, 6.07) is 6.83. The molecule has 0 saturated carbocycles. The molecule has 1 amide bonds. The van der Waals surface area contributed by atoms with Gasteiger partial charge in [0.15, 0.2) is 0 Å². The van der Waals surface area contributed by atoms with Crippen LogP contribution in [0.5, 0.6) is 5.75 Å². The van der Waals surface area contributed by atoms with Gasteiger partial charge in [0, 0.05) is 19.3 Å². The van der Waals surface area contributed by atoms with Crippen LogP contribution >= 0.6 is 0 Å².